The highest BCUT2D eigenvalue weighted by molar-refractivity contribution is 5.97. The maximum absolute atomic E-state index is 13.9. The molecule has 0 aliphatic carbocycles. The quantitative estimate of drug-likeness (QED) is 0.531. The molecule has 0 bridgehead atoms. The highest BCUT2D eigenvalue weighted by Gasteiger charge is 2.32. The van der Waals surface area contributed by atoms with Crippen molar-refractivity contribution in [1.82, 2.24) is 9.88 Å². The number of pyridine rings is 1. The number of benzene rings is 2. The summed E-state index contributed by atoms with van der Waals surface area (Å²) in [5.74, 6) is -2.90. The highest BCUT2D eigenvalue weighted by atomic mass is 19.4. The van der Waals surface area contributed by atoms with E-state index in [-0.39, 0.29) is 17.8 Å². The Morgan fingerprint density at radius 3 is 2.30 bits per heavy atom. The standard InChI is InChI=1S/C23H19F5N2O3/c1-30-19(15-8-16(23(26,27)28)10-17(25)9-15)11-18(20(31)22(30)33)21(32)29-7-6-13-2-4-14(12-24)5-3-13/h2-5,8-11,31H,6-7,12H2,1H3,(H,29,32). The first-order valence-corrected chi connectivity index (χ1v) is 9.74. The van der Waals surface area contributed by atoms with E-state index in [1.807, 2.05) is 0 Å². The van der Waals surface area contributed by atoms with Gasteiger partial charge >= 0.3 is 6.18 Å². The van der Waals surface area contributed by atoms with Gasteiger partial charge in [0.1, 0.15) is 12.5 Å². The fourth-order valence-corrected chi connectivity index (χ4v) is 3.25. The highest BCUT2D eigenvalue weighted by Crippen LogP contribution is 2.33. The summed E-state index contributed by atoms with van der Waals surface area (Å²) >= 11 is 0. The molecule has 3 aromatic rings. The summed E-state index contributed by atoms with van der Waals surface area (Å²) in [4.78, 5) is 25.0. The van der Waals surface area contributed by atoms with E-state index in [9.17, 15) is 36.6 Å². The third-order valence-electron chi connectivity index (χ3n) is 5.05. The smallest absolute Gasteiger partial charge is 0.416 e. The molecule has 0 spiro atoms. The molecule has 0 radical (unpaired) electrons. The summed E-state index contributed by atoms with van der Waals surface area (Å²) in [6, 6.07) is 9.37. The van der Waals surface area contributed by atoms with Gasteiger partial charge in [0.25, 0.3) is 11.5 Å². The van der Waals surface area contributed by atoms with E-state index >= 15 is 0 Å². The molecule has 0 atom stereocenters. The normalized spacial score (nSPS) is 11.5. The van der Waals surface area contributed by atoms with Crippen LogP contribution < -0.4 is 10.9 Å². The first kappa shape index (κ1) is 24.0. The van der Waals surface area contributed by atoms with Gasteiger partial charge in [0.2, 0.25) is 0 Å². The van der Waals surface area contributed by atoms with E-state index in [0.717, 1.165) is 22.3 Å². The molecule has 1 heterocycles. The maximum Gasteiger partial charge on any atom is 0.416 e. The fraction of sp³-hybridized carbons (Fsp3) is 0.217. The topological polar surface area (TPSA) is 71.3 Å². The molecule has 2 N–H and O–H groups in total. The van der Waals surface area contributed by atoms with Crippen molar-refractivity contribution in [3.05, 3.63) is 87.0 Å². The summed E-state index contributed by atoms with van der Waals surface area (Å²) in [5, 5.41) is 12.7. The SMILES string of the molecule is Cn1c(-c2cc(F)cc(C(F)(F)F)c2)cc(C(=O)NCCc2ccc(CF)cc2)c(O)c1=O. The number of carbonyl (C=O) groups is 1. The molecule has 10 heteroatoms. The van der Waals surface area contributed by atoms with Crippen molar-refractivity contribution in [3.8, 4) is 17.0 Å². The van der Waals surface area contributed by atoms with Crippen LogP contribution in [0.25, 0.3) is 11.3 Å². The third kappa shape index (κ3) is 5.39. The molecule has 2 aromatic carbocycles. The van der Waals surface area contributed by atoms with Gasteiger partial charge in [-0.05, 0) is 41.8 Å². The van der Waals surface area contributed by atoms with Crippen LogP contribution in [0.15, 0.2) is 53.3 Å². The minimum absolute atomic E-state index is 0.107. The number of rotatable bonds is 6. The lowest BCUT2D eigenvalue weighted by Crippen LogP contribution is -2.29. The molecule has 1 aromatic heterocycles. The molecule has 1 amide bonds. The third-order valence-corrected chi connectivity index (χ3v) is 5.05. The van der Waals surface area contributed by atoms with E-state index in [4.69, 9.17) is 0 Å². The number of hydrogen-bond donors (Lipinski definition) is 2. The molecular weight excluding hydrogens is 447 g/mol. The van der Waals surface area contributed by atoms with Crippen LogP contribution in [-0.4, -0.2) is 22.1 Å². The van der Waals surface area contributed by atoms with Gasteiger partial charge in [0.05, 0.1) is 16.8 Å². The Morgan fingerprint density at radius 2 is 1.70 bits per heavy atom. The zero-order chi connectivity index (χ0) is 24.3. The van der Waals surface area contributed by atoms with Crippen molar-refractivity contribution in [2.75, 3.05) is 6.54 Å². The molecule has 0 saturated heterocycles. The number of halogens is 5. The number of aromatic hydroxyl groups is 1. The fourth-order valence-electron chi connectivity index (χ4n) is 3.25. The first-order chi connectivity index (χ1) is 15.5. The summed E-state index contributed by atoms with van der Waals surface area (Å²) < 4.78 is 66.5. The molecule has 0 saturated carbocycles. The molecule has 0 fully saturated rings. The van der Waals surface area contributed by atoms with Crippen LogP contribution in [0, 0.1) is 5.82 Å². The second kappa shape index (κ2) is 9.43. The number of nitrogens with one attached hydrogen (secondary N) is 1. The second-order valence-electron chi connectivity index (χ2n) is 7.34. The van der Waals surface area contributed by atoms with Crippen molar-refractivity contribution in [2.24, 2.45) is 7.05 Å². The minimum Gasteiger partial charge on any atom is -0.502 e. The van der Waals surface area contributed by atoms with E-state index in [2.05, 4.69) is 5.32 Å². The Balaban J connectivity index is 1.88. The first-order valence-electron chi connectivity index (χ1n) is 9.74. The Hall–Kier alpha value is -3.69. The molecule has 33 heavy (non-hydrogen) atoms. The molecular formula is C23H19F5N2O3. The second-order valence-corrected chi connectivity index (χ2v) is 7.34. The molecule has 0 unspecified atom stereocenters. The van der Waals surface area contributed by atoms with E-state index in [1.54, 1.807) is 24.3 Å². The number of aromatic nitrogens is 1. The summed E-state index contributed by atoms with van der Waals surface area (Å²) in [6.07, 6.45) is -4.45. The lowest BCUT2D eigenvalue weighted by atomic mass is 10.0. The Morgan fingerprint density at radius 1 is 1.06 bits per heavy atom. The predicted octanol–water partition coefficient (Wildman–Crippen LogP) is 4.36. The van der Waals surface area contributed by atoms with Gasteiger partial charge < -0.3 is 15.0 Å². The van der Waals surface area contributed by atoms with Gasteiger partial charge in [0.15, 0.2) is 5.75 Å². The largest absolute Gasteiger partial charge is 0.502 e. The Labute approximate surface area is 185 Å². The van der Waals surface area contributed by atoms with Crippen LogP contribution in [0.4, 0.5) is 22.0 Å². The van der Waals surface area contributed by atoms with E-state index < -0.39 is 47.0 Å². The Kier molecular flexibility index (Phi) is 6.85. The molecule has 3 rings (SSSR count). The van der Waals surface area contributed by atoms with Crippen LogP contribution in [0.1, 0.15) is 27.0 Å². The van der Waals surface area contributed by atoms with Crippen LogP contribution in [-0.2, 0) is 26.3 Å². The van der Waals surface area contributed by atoms with Crippen LogP contribution in [0.3, 0.4) is 0 Å². The van der Waals surface area contributed by atoms with Gasteiger partial charge in [-0.1, -0.05) is 24.3 Å². The van der Waals surface area contributed by atoms with Gasteiger partial charge in [-0.25, -0.2) is 8.78 Å². The maximum atomic E-state index is 13.9. The average molecular weight is 466 g/mol. The van der Waals surface area contributed by atoms with E-state index in [1.165, 1.54) is 7.05 Å². The number of hydrogen-bond acceptors (Lipinski definition) is 3. The summed E-state index contributed by atoms with van der Waals surface area (Å²) in [5.41, 5.74) is -1.91. The van der Waals surface area contributed by atoms with Crippen molar-refractivity contribution >= 4 is 5.91 Å². The number of nitrogens with zero attached hydrogens (tertiary/aromatic N) is 1. The molecule has 5 nitrogen and oxygen atoms in total. The average Bonchev–Trinajstić information content (AvgIpc) is 2.77. The molecule has 0 aliphatic heterocycles. The summed E-state index contributed by atoms with van der Waals surface area (Å²) in [7, 11) is 1.18. The van der Waals surface area contributed by atoms with Crippen molar-refractivity contribution in [2.45, 2.75) is 19.3 Å². The molecule has 0 aliphatic rings. The molecule has 174 valence electrons. The van der Waals surface area contributed by atoms with Crippen molar-refractivity contribution < 1.29 is 31.9 Å². The zero-order valence-corrected chi connectivity index (χ0v) is 17.3. The van der Waals surface area contributed by atoms with Gasteiger partial charge in [-0.15, -0.1) is 0 Å². The number of carbonyl (C=O) groups excluding carboxylic acids is 1. The monoisotopic (exact) mass is 466 g/mol. The van der Waals surface area contributed by atoms with Crippen molar-refractivity contribution in [3.63, 3.8) is 0 Å². The van der Waals surface area contributed by atoms with Crippen LogP contribution >= 0.6 is 0 Å². The number of amides is 1. The zero-order valence-electron chi connectivity index (χ0n) is 17.3. The van der Waals surface area contributed by atoms with Gasteiger partial charge in [0, 0.05) is 19.2 Å². The van der Waals surface area contributed by atoms with Crippen LogP contribution in [0.2, 0.25) is 0 Å². The van der Waals surface area contributed by atoms with Crippen LogP contribution in [0.5, 0.6) is 5.75 Å². The minimum atomic E-state index is -4.82. The van der Waals surface area contributed by atoms with Crippen molar-refractivity contribution in [1.29, 1.82) is 0 Å². The van der Waals surface area contributed by atoms with Gasteiger partial charge in [-0.3, -0.25) is 9.59 Å². The lowest BCUT2D eigenvalue weighted by Gasteiger charge is -2.15. The summed E-state index contributed by atoms with van der Waals surface area (Å²) in [6.45, 7) is -0.493. The Bertz CT molecular complexity index is 1230. The lowest BCUT2D eigenvalue weighted by molar-refractivity contribution is -0.137. The van der Waals surface area contributed by atoms with Gasteiger partial charge in [-0.2, -0.15) is 13.2 Å². The predicted molar refractivity (Wildman–Crippen MR) is 111 cm³/mol. The van der Waals surface area contributed by atoms with E-state index in [0.29, 0.717) is 24.1 Å². The number of alkyl halides is 4.